The molecule has 2 heterocycles. The van der Waals surface area contributed by atoms with Gasteiger partial charge in [-0.1, -0.05) is 53.5 Å². The summed E-state index contributed by atoms with van der Waals surface area (Å²) in [6, 6.07) is 14.8. The lowest BCUT2D eigenvalue weighted by Crippen LogP contribution is -2.56. The van der Waals surface area contributed by atoms with Gasteiger partial charge in [0, 0.05) is 21.2 Å². The van der Waals surface area contributed by atoms with Crippen molar-refractivity contribution in [1.82, 2.24) is 0 Å². The Hall–Kier alpha value is -2.65. The van der Waals surface area contributed by atoms with Crippen LogP contribution in [0.1, 0.15) is 12.5 Å². The molecule has 0 saturated carbocycles. The van der Waals surface area contributed by atoms with Gasteiger partial charge in [0.1, 0.15) is 18.8 Å². The molecule has 0 N–H and O–H groups in total. The zero-order chi connectivity index (χ0) is 26.3. The number of benzene rings is 2. The maximum Gasteiger partial charge on any atom is 0.415 e. The second-order valence-corrected chi connectivity index (χ2v) is 16.2. The molecule has 0 unspecified atom stereocenters. The number of hydrogen-bond acceptors (Lipinski definition) is 5. The average molecular weight is 550 g/mol. The molecular weight excluding hydrogens is 522 g/mol. The van der Waals surface area contributed by atoms with Gasteiger partial charge in [0.25, 0.3) is 0 Å². The van der Waals surface area contributed by atoms with Crippen molar-refractivity contribution >= 4 is 43.5 Å². The first kappa shape index (κ1) is 26.0. The van der Waals surface area contributed by atoms with Crippen LogP contribution in [0.5, 0.6) is 0 Å². The van der Waals surface area contributed by atoms with Gasteiger partial charge in [-0.25, -0.2) is 4.79 Å². The Bertz CT molecular complexity index is 1370. The number of hydrogen-bond donors (Lipinski definition) is 0. The molecule has 37 heavy (non-hydrogen) atoms. The fraction of sp³-hybridized carbons (Fsp3) is 0.345. The van der Waals surface area contributed by atoms with Gasteiger partial charge in [0.2, 0.25) is 0 Å². The lowest BCUT2D eigenvalue weighted by molar-refractivity contribution is 0.0430. The van der Waals surface area contributed by atoms with Gasteiger partial charge in [-0.3, -0.25) is 4.90 Å². The fourth-order valence-corrected chi connectivity index (χ4v) is 7.32. The monoisotopic (exact) mass is 549 g/mol. The van der Waals surface area contributed by atoms with Crippen molar-refractivity contribution in [2.75, 3.05) is 17.3 Å². The molecule has 1 saturated heterocycles. The number of carbonyl (C=O) groups excluding carboxylic acids is 1. The third kappa shape index (κ3) is 4.95. The van der Waals surface area contributed by atoms with Gasteiger partial charge < -0.3 is 13.9 Å². The van der Waals surface area contributed by atoms with Crippen LogP contribution in [0.3, 0.4) is 0 Å². The van der Waals surface area contributed by atoms with Crippen molar-refractivity contribution < 1.29 is 18.7 Å². The highest BCUT2D eigenvalue weighted by atomic mass is 35.5. The number of rotatable bonds is 6. The number of anilines is 1. The second kappa shape index (κ2) is 9.91. The molecule has 1 aliphatic carbocycles. The lowest BCUT2D eigenvalue weighted by atomic mass is 9.75. The number of fused-ring (bicyclic) bond motifs is 1. The summed E-state index contributed by atoms with van der Waals surface area (Å²) >= 11 is 7.57. The lowest BCUT2D eigenvalue weighted by Gasteiger charge is -2.42. The second-order valence-electron chi connectivity index (χ2n) is 10.2. The predicted octanol–water partition coefficient (Wildman–Crippen LogP) is 6.24. The van der Waals surface area contributed by atoms with E-state index in [1.165, 1.54) is 0 Å². The van der Waals surface area contributed by atoms with Gasteiger partial charge in [-0.2, -0.15) is 0 Å². The molecule has 1 fully saturated rings. The number of nitrogens with zero attached hydrogens (tertiary/aromatic N) is 1. The molecule has 0 spiro atoms. The standard InChI is InChI=1S/C29H28ClNO4SSi/c1-28(35-37(2,3)4)18-10-6-5-7-13-25-26-29(28,34-26)23-11-8-9-12-24(23)31(25)27(32)33-19-20-36-22-16-14-21(30)15-17-22/h5-6,8-9,11-12,14-17,25-26H,19-20H2,1-4H3/b6-5-/t25-,26-,28+,29+/m0/s1. The number of epoxide rings is 1. The van der Waals surface area contributed by atoms with Gasteiger partial charge in [-0.15, -0.1) is 11.8 Å². The van der Waals surface area contributed by atoms with Crippen LogP contribution in [0.15, 0.2) is 65.6 Å². The van der Waals surface area contributed by atoms with Crippen LogP contribution in [0.2, 0.25) is 24.7 Å². The zero-order valence-corrected chi connectivity index (χ0v) is 23.8. The third-order valence-electron chi connectivity index (χ3n) is 6.38. The molecule has 2 aromatic carbocycles. The van der Waals surface area contributed by atoms with E-state index in [2.05, 4.69) is 43.3 Å². The third-order valence-corrected chi connectivity index (χ3v) is 8.63. The van der Waals surface area contributed by atoms with E-state index in [-0.39, 0.29) is 6.61 Å². The van der Waals surface area contributed by atoms with E-state index < -0.39 is 37.8 Å². The van der Waals surface area contributed by atoms with Crippen LogP contribution in [0, 0.1) is 23.7 Å². The zero-order valence-electron chi connectivity index (χ0n) is 21.2. The molecular formula is C29H28ClNO4SSi. The highest BCUT2D eigenvalue weighted by Crippen LogP contribution is 2.62. The van der Waals surface area contributed by atoms with Crippen LogP contribution in [0.25, 0.3) is 0 Å². The molecule has 2 bridgehead atoms. The Morgan fingerprint density at radius 1 is 1.14 bits per heavy atom. The van der Waals surface area contributed by atoms with E-state index in [0.29, 0.717) is 16.5 Å². The Labute approximate surface area is 228 Å². The van der Waals surface area contributed by atoms with Crippen molar-refractivity contribution in [2.24, 2.45) is 0 Å². The summed E-state index contributed by atoms with van der Waals surface area (Å²) in [6.45, 7) is 8.67. The van der Waals surface area contributed by atoms with Crippen molar-refractivity contribution in [3.8, 4) is 23.7 Å². The van der Waals surface area contributed by atoms with E-state index >= 15 is 0 Å². The SMILES string of the molecule is C[C@@]1(O[Si](C)(C)C)C#C/C=C\C#C[C@H]2[C@@H]3O[C@]31c1ccccc1N2C(=O)OCCSc1ccc(Cl)cc1. The molecule has 4 atom stereocenters. The van der Waals surface area contributed by atoms with Gasteiger partial charge in [0.15, 0.2) is 19.5 Å². The summed E-state index contributed by atoms with van der Waals surface area (Å²) in [7, 11) is -2.03. The van der Waals surface area contributed by atoms with Crippen LogP contribution in [-0.2, 0) is 19.5 Å². The molecule has 8 heteroatoms. The van der Waals surface area contributed by atoms with E-state index in [1.54, 1.807) is 28.8 Å². The number of halogens is 1. The number of carbonyl (C=O) groups is 1. The van der Waals surface area contributed by atoms with E-state index in [4.69, 9.17) is 25.5 Å². The smallest absolute Gasteiger partial charge is 0.415 e. The molecule has 2 aromatic rings. The number of amides is 1. The topological polar surface area (TPSA) is 51.3 Å². The number of para-hydroxylation sites is 1. The number of thioether (sulfide) groups is 1. The molecule has 0 aromatic heterocycles. The van der Waals surface area contributed by atoms with Crippen molar-refractivity contribution in [3.05, 3.63) is 71.3 Å². The summed E-state index contributed by atoms with van der Waals surface area (Å²) in [5.74, 6) is 13.3. The molecule has 0 radical (unpaired) electrons. The predicted molar refractivity (Wildman–Crippen MR) is 150 cm³/mol. The van der Waals surface area contributed by atoms with Crippen LogP contribution in [0.4, 0.5) is 10.5 Å². The van der Waals surface area contributed by atoms with Crippen LogP contribution in [-0.4, -0.2) is 44.5 Å². The van der Waals surface area contributed by atoms with Crippen LogP contribution >= 0.6 is 23.4 Å². The summed E-state index contributed by atoms with van der Waals surface area (Å²) < 4.78 is 19.0. The van der Waals surface area contributed by atoms with Crippen molar-refractivity contribution in [3.63, 3.8) is 0 Å². The highest BCUT2D eigenvalue weighted by molar-refractivity contribution is 7.99. The summed E-state index contributed by atoms with van der Waals surface area (Å²) in [5.41, 5.74) is -0.166. The first-order valence-electron chi connectivity index (χ1n) is 12.2. The van der Waals surface area contributed by atoms with Crippen molar-refractivity contribution in [2.45, 2.75) is 54.8 Å². The summed E-state index contributed by atoms with van der Waals surface area (Å²) in [6.07, 6.45) is 2.57. The number of ether oxygens (including phenoxy) is 2. The minimum atomic E-state index is -2.03. The van der Waals surface area contributed by atoms with E-state index in [1.807, 2.05) is 55.5 Å². The molecule has 5 nitrogen and oxygen atoms in total. The average Bonchev–Trinajstić information content (AvgIpc) is 3.62. The van der Waals surface area contributed by atoms with Crippen LogP contribution < -0.4 is 4.90 Å². The molecule has 5 rings (SSSR count). The minimum absolute atomic E-state index is 0.253. The largest absolute Gasteiger partial charge is 0.448 e. The first-order chi connectivity index (χ1) is 17.6. The quantitative estimate of drug-likeness (QED) is 0.140. The van der Waals surface area contributed by atoms with E-state index in [0.717, 1.165) is 10.5 Å². The number of allylic oxidation sites excluding steroid dienone is 2. The Balaban J connectivity index is 1.45. The molecule has 190 valence electrons. The Morgan fingerprint density at radius 3 is 2.62 bits per heavy atom. The first-order valence-corrected chi connectivity index (χ1v) is 16.9. The highest BCUT2D eigenvalue weighted by Gasteiger charge is 2.75. The van der Waals surface area contributed by atoms with Crippen molar-refractivity contribution in [1.29, 1.82) is 0 Å². The normalized spacial score (nSPS) is 27.9. The minimum Gasteiger partial charge on any atom is -0.448 e. The Morgan fingerprint density at radius 2 is 1.86 bits per heavy atom. The van der Waals surface area contributed by atoms with Gasteiger partial charge >= 0.3 is 6.09 Å². The maximum atomic E-state index is 13.5. The van der Waals surface area contributed by atoms with Gasteiger partial charge in [-0.05, 0) is 69.0 Å². The fourth-order valence-electron chi connectivity index (χ4n) is 5.04. The summed E-state index contributed by atoms with van der Waals surface area (Å²) in [4.78, 5) is 16.2. The molecule has 1 amide bonds. The molecule has 2 aliphatic heterocycles. The van der Waals surface area contributed by atoms with E-state index in [9.17, 15) is 4.79 Å². The summed E-state index contributed by atoms with van der Waals surface area (Å²) in [5, 5.41) is 0.692. The molecule has 3 aliphatic rings. The maximum absolute atomic E-state index is 13.5. The van der Waals surface area contributed by atoms with Gasteiger partial charge in [0.05, 0.1) is 5.69 Å². The Kier molecular flexibility index (Phi) is 6.95.